The third-order valence-corrected chi connectivity index (χ3v) is 6.64. The van der Waals surface area contributed by atoms with E-state index in [9.17, 15) is 9.18 Å². The van der Waals surface area contributed by atoms with Crippen LogP contribution in [0.3, 0.4) is 0 Å². The second-order valence-electron chi connectivity index (χ2n) is 8.90. The van der Waals surface area contributed by atoms with Crippen LogP contribution in [0.1, 0.15) is 45.3 Å². The van der Waals surface area contributed by atoms with Crippen LogP contribution < -0.4 is 10.6 Å². The van der Waals surface area contributed by atoms with E-state index in [2.05, 4.69) is 46.0 Å². The Morgan fingerprint density at radius 2 is 1.85 bits per heavy atom. The van der Waals surface area contributed by atoms with Crippen LogP contribution >= 0.6 is 11.5 Å². The minimum atomic E-state index is -0.536. The lowest BCUT2D eigenvalue weighted by molar-refractivity contribution is 0.0935. The Labute approximate surface area is 233 Å². The smallest absolute Gasteiger partial charge is 0.270 e. The first-order chi connectivity index (χ1) is 19.3. The summed E-state index contributed by atoms with van der Waals surface area (Å²) in [4.78, 5) is 35.0. The van der Waals surface area contributed by atoms with Crippen LogP contribution in [0.5, 0.6) is 0 Å². The van der Waals surface area contributed by atoms with E-state index in [4.69, 9.17) is 5.26 Å². The van der Waals surface area contributed by atoms with Gasteiger partial charge in [-0.2, -0.15) is 14.0 Å². The molecule has 198 valence electrons. The highest BCUT2D eigenvalue weighted by atomic mass is 32.1. The van der Waals surface area contributed by atoms with E-state index < -0.39 is 5.95 Å². The van der Waals surface area contributed by atoms with Gasteiger partial charge in [0, 0.05) is 47.0 Å². The lowest BCUT2D eigenvalue weighted by Crippen LogP contribution is -2.27. The van der Waals surface area contributed by atoms with Crippen molar-refractivity contribution < 1.29 is 9.18 Å². The van der Waals surface area contributed by atoms with E-state index in [1.54, 1.807) is 49.6 Å². The number of rotatable bonds is 7. The molecular formula is C28H22FN9OS. The number of hydrogen-bond acceptors (Lipinski definition) is 10. The van der Waals surface area contributed by atoms with Gasteiger partial charge in [0.1, 0.15) is 28.3 Å². The van der Waals surface area contributed by atoms with Gasteiger partial charge in [0.05, 0.1) is 11.7 Å². The third-order valence-electron chi connectivity index (χ3n) is 5.95. The molecule has 0 saturated heterocycles. The number of aryl methyl sites for hydroxylation is 2. The third kappa shape index (κ3) is 5.95. The molecule has 2 N–H and O–H groups in total. The molecule has 0 fully saturated rings. The molecular weight excluding hydrogens is 529 g/mol. The molecule has 5 aromatic rings. The largest absolute Gasteiger partial charge is 0.344 e. The van der Waals surface area contributed by atoms with Crippen LogP contribution in [0.2, 0.25) is 0 Å². The molecule has 40 heavy (non-hydrogen) atoms. The van der Waals surface area contributed by atoms with Gasteiger partial charge in [0.15, 0.2) is 5.82 Å². The highest BCUT2D eigenvalue weighted by molar-refractivity contribution is 7.06. The molecule has 5 heterocycles. The van der Waals surface area contributed by atoms with E-state index in [-0.39, 0.29) is 17.6 Å². The summed E-state index contributed by atoms with van der Waals surface area (Å²) in [5, 5.41) is 15.0. The first-order valence-corrected chi connectivity index (χ1v) is 12.9. The van der Waals surface area contributed by atoms with E-state index in [1.807, 2.05) is 26.0 Å². The zero-order valence-electron chi connectivity index (χ0n) is 21.7. The van der Waals surface area contributed by atoms with Crippen LogP contribution in [0.25, 0.3) is 22.6 Å². The SMILES string of the molecule is Cc1cc(Nc2cc(C#N)sn2)nc(-c2ccc(C(=O)NC(C)c3ccc(-c4ccc(F)nc4C)nc3)nc2)n1. The lowest BCUT2D eigenvalue weighted by atomic mass is 10.1. The van der Waals surface area contributed by atoms with Crippen molar-refractivity contribution in [1.82, 2.24) is 34.6 Å². The van der Waals surface area contributed by atoms with Crippen LogP contribution in [-0.4, -0.2) is 35.2 Å². The molecule has 0 aliphatic carbocycles. The van der Waals surface area contributed by atoms with Gasteiger partial charge in [-0.05, 0) is 68.2 Å². The van der Waals surface area contributed by atoms with Gasteiger partial charge in [-0.15, -0.1) is 0 Å². The average Bonchev–Trinajstić information content (AvgIpc) is 3.40. The molecule has 1 atom stereocenters. The van der Waals surface area contributed by atoms with Crippen molar-refractivity contribution in [2.45, 2.75) is 26.8 Å². The summed E-state index contributed by atoms with van der Waals surface area (Å²) in [5.41, 5.74) is 4.36. The highest BCUT2D eigenvalue weighted by Gasteiger charge is 2.15. The van der Waals surface area contributed by atoms with Crippen LogP contribution in [0.15, 0.2) is 60.9 Å². The van der Waals surface area contributed by atoms with Crippen LogP contribution in [0.4, 0.5) is 16.0 Å². The van der Waals surface area contributed by atoms with E-state index in [1.165, 1.54) is 6.07 Å². The Hall–Kier alpha value is -5.15. The summed E-state index contributed by atoms with van der Waals surface area (Å²) in [6.07, 6.45) is 3.22. The molecule has 0 saturated carbocycles. The van der Waals surface area contributed by atoms with Crippen molar-refractivity contribution in [3.05, 3.63) is 94.4 Å². The topological polar surface area (TPSA) is 142 Å². The summed E-state index contributed by atoms with van der Waals surface area (Å²) in [7, 11) is 0. The maximum Gasteiger partial charge on any atom is 0.270 e. The Morgan fingerprint density at radius 3 is 2.52 bits per heavy atom. The predicted molar refractivity (Wildman–Crippen MR) is 148 cm³/mol. The zero-order valence-corrected chi connectivity index (χ0v) is 22.5. The van der Waals surface area contributed by atoms with Gasteiger partial charge in [-0.25, -0.2) is 15.0 Å². The summed E-state index contributed by atoms with van der Waals surface area (Å²) in [5.74, 6) is 0.608. The Balaban J connectivity index is 1.25. The van der Waals surface area contributed by atoms with Gasteiger partial charge in [-0.3, -0.25) is 14.8 Å². The number of nitrogens with one attached hydrogen (secondary N) is 2. The molecule has 0 aliphatic rings. The van der Waals surface area contributed by atoms with Crippen molar-refractivity contribution in [1.29, 1.82) is 5.26 Å². The highest BCUT2D eigenvalue weighted by Crippen LogP contribution is 2.23. The van der Waals surface area contributed by atoms with Gasteiger partial charge < -0.3 is 10.6 Å². The zero-order chi connectivity index (χ0) is 28.2. The van der Waals surface area contributed by atoms with Crippen molar-refractivity contribution in [3.8, 4) is 28.7 Å². The number of anilines is 2. The summed E-state index contributed by atoms with van der Waals surface area (Å²) in [6.45, 7) is 5.42. The molecule has 0 spiro atoms. The quantitative estimate of drug-likeness (QED) is 0.257. The number of nitriles is 1. The van der Waals surface area contributed by atoms with Gasteiger partial charge in [-0.1, -0.05) is 6.07 Å². The number of aromatic nitrogens is 6. The minimum absolute atomic E-state index is 0.241. The molecule has 1 unspecified atom stereocenters. The van der Waals surface area contributed by atoms with E-state index in [0.717, 1.165) is 28.4 Å². The predicted octanol–water partition coefficient (Wildman–Crippen LogP) is 5.31. The van der Waals surface area contributed by atoms with E-state index >= 15 is 0 Å². The average molecular weight is 552 g/mol. The fraction of sp³-hybridized carbons (Fsp3) is 0.143. The number of hydrogen-bond donors (Lipinski definition) is 2. The summed E-state index contributed by atoms with van der Waals surface area (Å²) < 4.78 is 17.5. The number of nitrogens with zero attached hydrogens (tertiary/aromatic N) is 7. The molecule has 1 amide bonds. The summed E-state index contributed by atoms with van der Waals surface area (Å²) in [6, 6.07) is 15.1. The minimum Gasteiger partial charge on any atom is -0.344 e. The first kappa shape index (κ1) is 26.5. The van der Waals surface area contributed by atoms with Gasteiger partial charge in [0.2, 0.25) is 5.95 Å². The Bertz CT molecular complexity index is 1730. The molecule has 5 aromatic heterocycles. The monoisotopic (exact) mass is 551 g/mol. The van der Waals surface area contributed by atoms with Crippen LogP contribution in [0, 0.1) is 31.1 Å². The Kier molecular flexibility index (Phi) is 7.48. The number of carbonyl (C=O) groups is 1. The molecule has 12 heteroatoms. The van der Waals surface area contributed by atoms with Crippen molar-refractivity contribution >= 4 is 29.1 Å². The maximum atomic E-state index is 13.3. The number of amides is 1. The second kappa shape index (κ2) is 11.3. The molecule has 0 radical (unpaired) electrons. The van der Waals surface area contributed by atoms with Crippen molar-refractivity contribution in [2.24, 2.45) is 0 Å². The molecule has 0 aromatic carbocycles. The van der Waals surface area contributed by atoms with Crippen molar-refractivity contribution in [2.75, 3.05) is 5.32 Å². The first-order valence-electron chi connectivity index (χ1n) is 12.2. The maximum absolute atomic E-state index is 13.3. The second-order valence-corrected chi connectivity index (χ2v) is 9.71. The van der Waals surface area contributed by atoms with Crippen LogP contribution in [-0.2, 0) is 0 Å². The summed E-state index contributed by atoms with van der Waals surface area (Å²) >= 11 is 1.10. The fourth-order valence-corrected chi connectivity index (χ4v) is 4.42. The number of carbonyl (C=O) groups excluding carboxylic acids is 1. The molecule has 0 bridgehead atoms. The van der Waals surface area contributed by atoms with Gasteiger partial charge >= 0.3 is 0 Å². The number of pyridine rings is 3. The Morgan fingerprint density at radius 1 is 1.00 bits per heavy atom. The van der Waals surface area contributed by atoms with Crippen molar-refractivity contribution in [3.63, 3.8) is 0 Å². The fourth-order valence-electron chi connectivity index (χ4n) is 3.92. The molecule has 0 aliphatic heterocycles. The van der Waals surface area contributed by atoms with Gasteiger partial charge in [0.25, 0.3) is 5.91 Å². The number of halogens is 1. The molecule has 5 rings (SSSR count). The van der Waals surface area contributed by atoms with E-state index in [0.29, 0.717) is 39.3 Å². The standard InChI is InChI=1S/C28H22FN9OS/c1-15-10-25(36-26-11-20(12-30)40-38-26)37-27(33-15)19-5-8-23(32-14-19)28(39)35-16(2)18-4-7-22(31-13-18)21-6-9-24(29)34-17(21)3/h4-11,13-14,16H,1-3H3,(H,35,39)(H,33,36,37,38). The normalized spacial score (nSPS) is 11.5. The lowest BCUT2D eigenvalue weighted by Gasteiger charge is -2.14. The molecule has 10 nitrogen and oxygen atoms in total.